The first-order chi connectivity index (χ1) is 10.1. The van der Waals surface area contributed by atoms with E-state index in [-0.39, 0.29) is 17.8 Å². The molecular formula is C15H19N3O3. The van der Waals surface area contributed by atoms with Gasteiger partial charge in [0.05, 0.1) is 11.5 Å². The summed E-state index contributed by atoms with van der Waals surface area (Å²) in [5, 5.41) is 14.1. The summed E-state index contributed by atoms with van der Waals surface area (Å²) in [7, 11) is 0. The van der Waals surface area contributed by atoms with Crippen molar-refractivity contribution in [3.8, 4) is 0 Å². The van der Waals surface area contributed by atoms with Gasteiger partial charge in [0.15, 0.2) is 0 Å². The Morgan fingerprint density at radius 1 is 1.48 bits per heavy atom. The summed E-state index contributed by atoms with van der Waals surface area (Å²) in [4.78, 5) is 24.4. The zero-order valence-electron chi connectivity index (χ0n) is 12.0. The van der Waals surface area contributed by atoms with Crippen molar-refractivity contribution in [1.29, 1.82) is 0 Å². The standard InChI is InChI=1S/C15H19N3O3/c1-10(11-5-6-11)9-17-14(19)8-16-15(17)12-3-2-4-13(7-12)18(20)21/h2-4,7,10-11,15-16H,5-6,8-9H2,1H3. The van der Waals surface area contributed by atoms with Crippen LogP contribution in [0, 0.1) is 22.0 Å². The highest BCUT2D eigenvalue weighted by Crippen LogP contribution is 2.38. The lowest BCUT2D eigenvalue weighted by Gasteiger charge is -2.27. The molecule has 2 unspecified atom stereocenters. The molecule has 0 spiro atoms. The fourth-order valence-electron chi connectivity index (χ4n) is 2.98. The molecule has 1 amide bonds. The molecule has 0 bridgehead atoms. The summed E-state index contributed by atoms with van der Waals surface area (Å²) >= 11 is 0. The number of carbonyl (C=O) groups excluding carboxylic acids is 1. The number of non-ortho nitro benzene ring substituents is 1. The lowest BCUT2D eigenvalue weighted by molar-refractivity contribution is -0.385. The molecule has 0 radical (unpaired) electrons. The minimum atomic E-state index is -0.405. The van der Waals surface area contributed by atoms with Crippen molar-refractivity contribution >= 4 is 11.6 Å². The van der Waals surface area contributed by atoms with Crippen molar-refractivity contribution < 1.29 is 9.72 Å². The first-order valence-electron chi connectivity index (χ1n) is 7.33. The zero-order valence-corrected chi connectivity index (χ0v) is 12.0. The summed E-state index contributed by atoms with van der Waals surface area (Å²) in [5.74, 6) is 1.28. The van der Waals surface area contributed by atoms with E-state index in [1.807, 2.05) is 11.0 Å². The topological polar surface area (TPSA) is 75.5 Å². The number of nitrogens with zero attached hydrogens (tertiary/aromatic N) is 2. The van der Waals surface area contributed by atoms with E-state index < -0.39 is 4.92 Å². The first-order valence-corrected chi connectivity index (χ1v) is 7.33. The number of hydrogen-bond donors (Lipinski definition) is 1. The van der Waals surface area contributed by atoms with Crippen LogP contribution in [0.5, 0.6) is 0 Å². The van der Waals surface area contributed by atoms with Gasteiger partial charge in [0.25, 0.3) is 5.69 Å². The number of hydrogen-bond acceptors (Lipinski definition) is 4. The van der Waals surface area contributed by atoms with Gasteiger partial charge < -0.3 is 4.90 Å². The largest absolute Gasteiger partial charge is 0.322 e. The van der Waals surface area contributed by atoms with Crippen molar-refractivity contribution in [2.24, 2.45) is 11.8 Å². The second-order valence-electron chi connectivity index (χ2n) is 6.00. The van der Waals surface area contributed by atoms with E-state index in [0.29, 0.717) is 19.0 Å². The normalized spacial score (nSPS) is 23.4. The molecule has 2 atom stereocenters. The van der Waals surface area contributed by atoms with Crippen molar-refractivity contribution in [2.45, 2.75) is 25.9 Å². The summed E-state index contributed by atoms with van der Waals surface area (Å²) < 4.78 is 0. The monoisotopic (exact) mass is 289 g/mol. The van der Waals surface area contributed by atoms with Gasteiger partial charge in [0, 0.05) is 18.7 Å². The number of rotatable bonds is 5. The van der Waals surface area contributed by atoms with Crippen molar-refractivity contribution in [3.63, 3.8) is 0 Å². The molecular weight excluding hydrogens is 270 g/mol. The summed E-state index contributed by atoms with van der Waals surface area (Å²) in [6.45, 7) is 3.18. The quantitative estimate of drug-likeness (QED) is 0.665. The minimum absolute atomic E-state index is 0.0591. The van der Waals surface area contributed by atoms with Crippen LogP contribution in [0.3, 0.4) is 0 Å². The number of nitrogens with one attached hydrogen (secondary N) is 1. The number of nitro groups is 1. The second-order valence-corrected chi connectivity index (χ2v) is 6.00. The Morgan fingerprint density at radius 2 is 2.24 bits per heavy atom. The highest BCUT2D eigenvalue weighted by molar-refractivity contribution is 5.81. The summed E-state index contributed by atoms with van der Waals surface area (Å²) in [6, 6.07) is 6.51. The summed E-state index contributed by atoms with van der Waals surface area (Å²) in [6.07, 6.45) is 2.24. The highest BCUT2D eigenvalue weighted by Gasteiger charge is 2.36. The molecule has 6 nitrogen and oxygen atoms in total. The van der Waals surface area contributed by atoms with Crippen LogP contribution in [-0.4, -0.2) is 28.8 Å². The van der Waals surface area contributed by atoms with Crippen LogP contribution in [-0.2, 0) is 4.79 Å². The van der Waals surface area contributed by atoms with Crippen LogP contribution in [0.15, 0.2) is 24.3 Å². The molecule has 1 aromatic rings. The van der Waals surface area contributed by atoms with E-state index in [1.54, 1.807) is 12.1 Å². The van der Waals surface area contributed by atoms with Gasteiger partial charge >= 0.3 is 0 Å². The zero-order chi connectivity index (χ0) is 15.0. The van der Waals surface area contributed by atoms with Crippen LogP contribution in [0.2, 0.25) is 0 Å². The van der Waals surface area contributed by atoms with Crippen LogP contribution in [0.4, 0.5) is 5.69 Å². The van der Waals surface area contributed by atoms with Crippen molar-refractivity contribution in [1.82, 2.24) is 10.2 Å². The van der Waals surface area contributed by atoms with Gasteiger partial charge in [0.2, 0.25) is 5.91 Å². The van der Waals surface area contributed by atoms with Gasteiger partial charge in [0.1, 0.15) is 6.17 Å². The van der Waals surface area contributed by atoms with Crippen LogP contribution in [0.25, 0.3) is 0 Å². The average Bonchev–Trinajstić information content (AvgIpc) is 3.26. The first kappa shape index (κ1) is 14.0. The molecule has 1 aromatic carbocycles. The Labute approximate surface area is 123 Å². The molecule has 1 heterocycles. The molecule has 1 saturated heterocycles. The molecule has 2 aliphatic rings. The van der Waals surface area contributed by atoms with Crippen molar-refractivity contribution in [2.75, 3.05) is 13.1 Å². The van der Waals surface area contributed by atoms with Gasteiger partial charge in [-0.05, 0) is 30.2 Å². The third kappa shape index (κ3) is 2.90. The Morgan fingerprint density at radius 3 is 2.90 bits per heavy atom. The van der Waals surface area contributed by atoms with E-state index >= 15 is 0 Å². The molecule has 112 valence electrons. The predicted molar refractivity (Wildman–Crippen MR) is 77.4 cm³/mol. The van der Waals surface area contributed by atoms with Gasteiger partial charge in [-0.2, -0.15) is 0 Å². The molecule has 1 aliphatic carbocycles. The highest BCUT2D eigenvalue weighted by atomic mass is 16.6. The van der Waals surface area contributed by atoms with Crippen LogP contribution in [0.1, 0.15) is 31.5 Å². The molecule has 1 saturated carbocycles. The van der Waals surface area contributed by atoms with Crippen LogP contribution < -0.4 is 5.32 Å². The van der Waals surface area contributed by atoms with E-state index in [9.17, 15) is 14.9 Å². The Balaban J connectivity index is 1.80. The third-order valence-electron chi connectivity index (χ3n) is 4.39. The Kier molecular flexibility index (Phi) is 3.63. The molecule has 1 N–H and O–H groups in total. The molecule has 1 aliphatic heterocycles. The SMILES string of the molecule is CC(CN1C(=O)CNC1c1cccc([N+](=O)[O-])c1)C1CC1. The van der Waals surface area contributed by atoms with Gasteiger partial charge in [-0.1, -0.05) is 19.1 Å². The average molecular weight is 289 g/mol. The molecule has 6 heteroatoms. The number of amides is 1. The van der Waals surface area contributed by atoms with Gasteiger partial charge in [-0.15, -0.1) is 0 Å². The lowest BCUT2D eigenvalue weighted by atomic mass is 10.0. The molecule has 3 rings (SSSR count). The smallest absolute Gasteiger partial charge is 0.269 e. The van der Waals surface area contributed by atoms with Gasteiger partial charge in [-0.25, -0.2) is 0 Å². The summed E-state index contributed by atoms with van der Waals surface area (Å²) in [5.41, 5.74) is 0.835. The maximum atomic E-state index is 12.1. The Hall–Kier alpha value is -1.95. The van der Waals surface area contributed by atoms with Gasteiger partial charge in [-0.3, -0.25) is 20.2 Å². The Bertz CT molecular complexity index is 571. The maximum absolute atomic E-state index is 12.1. The fourth-order valence-corrected chi connectivity index (χ4v) is 2.98. The van der Waals surface area contributed by atoms with E-state index in [0.717, 1.165) is 11.5 Å². The molecule has 21 heavy (non-hydrogen) atoms. The van der Waals surface area contributed by atoms with E-state index in [4.69, 9.17) is 0 Å². The predicted octanol–water partition coefficient (Wildman–Crippen LogP) is 2.07. The van der Waals surface area contributed by atoms with E-state index in [2.05, 4.69) is 12.2 Å². The minimum Gasteiger partial charge on any atom is -0.322 e. The van der Waals surface area contributed by atoms with Crippen LogP contribution >= 0.6 is 0 Å². The maximum Gasteiger partial charge on any atom is 0.269 e. The molecule has 2 fully saturated rings. The lowest BCUT2D eigenvalue weighted by Crippen LogP contribution is -2.34. The number of carbonyl (C=O) groups is 1. The fraction of sp³-hybridized carbons (Fsp3) is 0.533. The number of benzene rings is 1. The second kappa shape index (κ2) is 5.44. The van der Waals surface area contributed by atoms with Crippen molar-refractivity contribution in [3.05, 3.63) is 39.9 Å². The molecule has 0 aromatic heterocycles. The van der Waals surface area contributed by atoms with E-state index in [1.165, 1.54) is 18.9 Å². The third-order valence-corrected chi connectivity index (χ3v) is 4.39. The number of nitro benzene ring substituents is 1.